The van der Waals surface area contributed by atoms with E-state index in [2.05, 4.69) is 0 Å². The van der Waals surface area contributed by atoms with Crippen LogP contribution in [0.15, 0.2) is 36.4 Å². The first-order chi connectivity index (χ1) is 10.2. The van der Waals surface area contributed by atoms with Crippen LogP contribution in [0.25, 0.3) is 10.8 Å². The van der Waals surface area contributed by atoms with Gasteiger partial charge < -0.3 is 14.7 Å². The smallest absolute Gasteiger partial charge is 0.257 e. The third kappa shape index (κ3) is 2.72. The van der Waals surface area contributed by atoms with E-state index in [0.29, 0.717) is 30.6 Å². The van der Waals surface area contributed by atoms with Crippen molar-refractivity contribution in [2.24, 2.45) is 0 Å². The highest BCUT2D eigenvalue weighted by Crippen LogP contribution is 2.29. The van der Waals surface area contributed by atoms with Crippen LogP contribution in [0.2, 0.25) is 0 Å². The minimum Gasteiger partial charge on any atom is -0.506 e. The largest absolute Gasteiger partial charge is 0.506 e. The molecule has 1 heterocycles. The highest BCUT2D eigenvalue weighted by molar-refractivity contribution is 6.03. The molecule has 0 bridgehead atoms. The van der Waals surface area contributed by atoms with Gasteiger partial charge in [0, 0.05) is 25.1 Å². The van der Waals surface area contributed by atoms with E-state index in [1.165, 1.54) is 0 Å². The van der Waals surface area contributed by atoms with Crippen molar-refractivity contribution in [1.82, 2.24) is 4.90 Å². The summed E-state index contributed by atoms with van der Waals surface area (Å²) < 4.78 is 5.56. The summed E-state index contributed by atoms with van der Waals surface area (Å²) in [5.74, 6) is -0.0634. The van der Waals surface area contributed by atoms with E-state index in [1.54, 1.807) is 11.0 Å². The van der Waals surface area contributed by atoms with Crippen molar-refractivity contribution in [3.05, 3.63) is 42.0 Å². The molecule has 1 amide bonds. The number of carbonyl (C=O) groups excluding carboxylic acids is 1. The first-order valence-corrected chi connectivity index (χ1v) is 7.28. The highest BCUT2D eigenvalue weighted by Gasteiger charge is 2.23. The van der Waals surface area contributed by atoms with Crippen LogP contribution in [-0.2, 0) is 4.74 Å². The molecule has 1 aliphatic heterocycles. The van der Waals surface area contributed by atoms with Crippen molar-refractivity contribution in [2.75, 3.05) is 19.7 Å². The summed E-state index contributed by atoms with van der Waals surface area (Å²) in [5, 5.41) is 12.0. The zero-order valence-corrected chi connectivity index (χ0v) is 12.1. The van der Waals surface area contributed by atoms with Gasteiger partial charge in [-0.15, -0.1) is 0 Å². The average molecular weight is 285 g/mol. The average Bonchev–Trinajstić information content (AvgIpc) is 2.72. The first kappa shape index (κ1) is 13.9. The van der Waals surface area contributed by atoms with Gasteiger partial charge in [-0.3, -0.25) is 4.79 Å². The fourth-order valence-electron chi connectivity index (χ4n) is 2.78. The normalized spacial score (nSPS) is 19.5. The van der Waals surface area contributed by atoms with Crippen LogP contribution in [-0.4, -0.2) is 41.7 Å². The van der Waals surface area contributed by atoms with E-state index >= 15 is 0 Å². The zero-order chi connectivity index (χ0) is 14.8. The van der Waals surface area contributed by atoms with Crippen LogP contribution < -0.4 is 0 Å². The second-order valence-electron chi connectivity index (χ2n) is 5.47. The molecule has 110 valence electrons. The second kappa shape index (κ2) is 5.74. The van der Waals surface area contributed by atoms with Gasteiger partial charge in [0.1, 0.15) is 5.75 Å². The van der Waals surface area contributed by atoms with Crippen LogP contribution in [0.1, 0.15) is 23.7 Å². The predicted octanol–water partition coefficient (Wildman–Crippen LogP) is 2.80. The molecule has 0 radical (unpaired) electrons. The van der Waals surface area contributed by atoms with E-state index in [-0.39, 0.29) is 17.8 Å². The maximum Gasteiger partial charge on any atom is 0.257 e. The van der Waals surface area contributed by atoms with Crippen molar-refractivity contribution in [1.29, 1.82) is 0 Å². The molecule has 1 unspecified atom stereocenters. The van der Waals surface area contributed by atoms with Crippen molar-refractivity contribution < 1.29 is 14.6 Å². The van der Waals surface area contributed by atoms with E-state index in [9.17, 15) is 9.90 Å². The van der Waals surface area contributed by atoms with E-state index in [1.807, 2.05) is 37.3 Å². The Labute approximate surface area is 123 Å². The Morgan fingerprint density at radius 2 is 2.10 bits per heavy atom. The Morgan fingerprint density at radius 3 is 2.95 bits per heavy atom. The maximum absolute atomic E-state index is 12.7. The van der Waals surface area contributed by atoms with Crippen LogP contribution in [0.3, 0.4) is 0 Å². The van der Waals surface area contributed by atoms with Crippen LogP contribution >= 0.6 is 0 Å². The molecular weight excluding hydrogens is 266 g/mol. The lowest BCUT2D eigenvalue weighted by Crippen LogP contribution is -2.35. The third-order valence-corrected chi connectivity index (χ3v) is 3.87. The molecule has 4 nitrogen and oxygen atoms in total. The summed E-state index contributed by atoms with van der Waals surface area (Å²) in [6.07, 6.45) is 0.851. The lowest BCUT2D eigenvalue weighted by atomic mass is 10.0. The van der Waals surface area contributed by atoms with Crippen molar-refractivity contribution >= 4 is 16.7 Å². The van der Waals surface area contributed by atoms with Gasteiger partial charge in [0.05, 0.1) is 11.7 Å². The summed E-state index contributed by atoms with van der Waals surface area (Å²) in [7, 11) is 0. The molecule has 4 heteroatoms. The molecule has 1 aliphatic rings. The number of nitrogens with zero attached hydrogens (tertiary/aromatic N) is 1. The van der Waals surface area contributed by atoms with Gasteiger partial charge in [-0.1, -0.05) is 30.3 Å². The van der Waals surface area contributed by atoms with Gasteiger partial charge in [-0.05, 0) is 24.8 Å². The highest BCUT2D eigenvalue weighted by atomic mass is 16.5. The molecule has 1 atom stereocenters. The van der Waals surface area contributed by atoms with Crippen LogP contribution in [0.4, 0.5) is 0 Å². The molecule has 1 N–H and O–H groups in total. The lowest BCUT2D eigenvalue weighted by Gasteiger charge is -2.22. The number of phenolic OH excluding ortho intramolecular Hbond substituents is 1. The molecule has 0 aromatic heterocycles. The monoisotopic (exact) mass is 285 g/mol. The number of benzene rings is 2. The Balaban J connectivity index is 1.95. The minimum atomic E-state index is -0.129. The summed E-state index contributed by atoms with van der Waals surface area (Å²) in [6.45, 7) is 3.86. The summed E-state index contributed by atoms with van der Waals surface area (Å²) in [6, 6.07) is 11.1. The Bertz CT molecular complexity index is 668. The van der Waals surface area contributed by atoms with E-state index in [4.69, 9.17) is 4.74 Å². The van der Waals surface area contributed by atoms with Crippen LogP contribution in [0.5, 0.6) is 5.75 Å². The summed E-state index contributed by atoms with van der Waals surface area (Å²) in [4.78, 5) is 14.4. The molecule has 3 rings (SSSR count). The van der Waals surface area contributed by atoms with Gasteiger partial charge in [-0.25, -0.2) is 0 Å². The third-order valence-electron chi connectivity index (χ3n) is 3.87. The molecule has 0 spiro atoms. The number of rotatable bonds is 1. The lowest BCUT2D eigenvalue weighted by molar-refractivity contribution is 0.0561. The quantitative estimate of drug-likeness (QED) is 0.876. The van der Waals surface area contributed by atoms with Crippen LogP contribution in [0, 0.1) is 0 Å². The van der Waals surface area contributed by atoms with Crippen molar-refractivity contribution in [3.63, 3.8) is 0 Å². The summed E-state index contributed by atoms with van der Waals surface area (Å²) in [5.41, 5.74) is 0.364. The number of fused-ring (bicyclic) bond motifs is 1. The van der Waals surface area contributed by atoms with Crippen molar-refractivity contribution in [2.45, 2.75) is 19.4 Å². The SMILES string of the molecule is CC1CN(C(=O)c2ccc3ccccc3c2O)CCCO1. The van der Waals surface area contributed by atoms with Gasteiger partial charge in [-0.2, -0.15) is 0 Å². The molecule has 2 aromatic rings. The number of ether oxygens (including phenoxy) is 1. The zero-order valence-electron chi connectivity index (χ0n) is 12.1. The predicted molar refractivity (Wildman–Crippen MR) is 81.5 cm³/mol. The fourth-order valence-corrected chi connectivity index (χ4v) is 2.78. The molecular formula is C17H19NO3. The number of carbonyl (C=O) groups is 1. The van der Waals surface area contributed by atoms with Gasteiger partial charge in [0.25, 0.3) is 5.91 Å². The second-order valence-corrected chi connectivity index (χ2v) is 5.47. The molecule has 0 saturated carbocycles. The number of hydrogen-bond acceptors (Lipinski definition) is 3. The van der Waals surface area contributed by atoms with Crippen molar-refractivity contribution in [3.8, 4) is 5.75 Å². The first-order valence-electron chi connectivity index (χ1n) is 7.28. The fraction of sp³-hybridized carbons (Fsp3) is 0.353. The number of amides is 1. The Hall–Kier alpha value is -2.07. The molecule has 21 heavy (non-hydrogen) atoms. The van der Waals surface area contributed by atoms with Gasteiger partial charge >= 0.3 is 0 Å². The molecule has 1 saturated heterocycles. The number of aromatic hydroxyl groups is 1. The standard InChI is InChI=1S/C17H19NO3/c1-12-11-18(9-4-10-21-12)17(20)15-8-7-13-5-2-3-6-14(13)16(15)19/h2-3,5-8,12,19H,4,9-11H2,1H3. The van der Waals surface area contributed by atoms with Gasteiger partial charge in [0.15, 0.2) is 0 Å². The van der Waals surface area contributed by atoms with E-state index in [0.717, 1.165) is 11.8 Å². The Morgan fingerprint density at radius 1 is 1.29 bits per heavy atom. The molecule has 2 aromatic carbocycles. The number of phenols is 1. The molecule has 0 aliphatic carbocycles. The molecule has 1 fully saturated rings. The minimum absolute atomic E-state index is 0.0269. The van der Waals surface area contributed by atoms with E-state index < -0.39 is 0 Å². The number of hydrogen-bond donors (Lipinski definition) is 1. The Kier molecular flexibility index (Phi) is 3.80. The topological polar surface area (TPSA) is 49.8 Å². The summed E-state index contributed by atoms with van der Waals surface area (Å²) >= 11 is 0. The maximum atomic E-state index is 12.7. The van der Waals surface area contributed by atoms with Gasteiger partial charge in [0.2, 0.25) is 0 Å².